The molecule has 0 saturated carbocycles. The molecule has 3 N–H and O–H groups in total. The Morgan fingerprint density at radius 2 is 1.84 bits per heavy atom. The van der Waals surface area contributed by atoms with Gasteiger partial charge in [-0.2, -0.15) is 0 Å². The van der Waals surface area contributed by atoms with Crippen LogP contribution in [0.4, 0.5) is 0 Å². The summed E-state index contributed by atoms with van der Waals surface area (Å²) in [6.07, 6.45) is -0.321. The Morgan fingerprint density at radius 1 is 1.12 bits per heavy atom. The molecule has 0 fully saturated rings. The van der Waals surface area contributed by atoms with Crippen molar-refractivity contribution in [3.05, 3.63) is 63.1 Å². The van der Waals surface area contributed by atoms with E-state index in [1.54, 1.807) is 6.92 Å². The van der Waals surface area contributed by atoms with Crippen molar-refractivity contribution in [1.82, 2.24) is 10.6 Å². The van der Waals surface area contributed by atoms with E-state index < -0.39 is 0 Å². The van der Waals surface area contributed by atoms with E-state index in [0.717, 1.165) is 39.5 Å². The Kier molecular flexibility index (Phi) is 8.72. The van der Waals surface area contributed by atoms with Crippen molar-refractivity contribution in [1.29, 1.82) is 0 Å². The molecule has 0 aliphatic heterocycles. The van der Waals surface area contributed by atoms with Crippen molar-refractivity contribution in [3.8, 4) is 5.75 Å². The summed E-state index contributed by atoms with van der Waals surface area (Å²) in [5.41, 5.74) is 2.17. The van der Waals surface area contributed by atoms with E-state index in [1.165, 1.54) is 0 Å². The summed E-state index contributed by atoms with van der Waals surface area (Å²) in [7, 11) is 0. The van der Waals surface area contributed by atoms with Gasteiger partial charge in [-0.25, -0.2) is 0 Å². The third kappa shape index (κ3) is 7.75. The van der Waals surface area contributed by atoms with Gasteiger partial charge in [-0.15, -0.1) is 0 Å². The summed E-state index contributed by atoms with van der Waals surface area (Å²) in [6, 6.07) is 13.7. The van der Waals surface area contributed by atoms with Crippen molar-refractivity contribution < 1.29 is 9.84 Å². The average molecular weight is 428 g/mol. The van der Waals surface area contributed by atoms with E-state index in [9.17, 15) is 5.11 Å². The van der Waals surface area contributed by atoms with Gasteiger partial charge in [0.25, 0.3) is 0 Å². The van der Waals surface area contributed by atoms with E-state index in [1.807, 2.05) is 36.4 Å². The Morgan fingerprint density at radius 3 is 2.56 bits per heavy atom. The first-order valence-corrected chi connectivity index (χ1v) is 9.47. The molecule has 2 aromatic carbocycles. The van der Waals surface area contributed by atoms with Crippen LogP contribution in [0.1, 0.15) is 18.1 Å². The SMILES string of the molecule is C[C@H](O)CNCCNCc1cc(Br)ccc1OCc1ccc(Cl)cc1. The van der Waals surface area contributed by atoms with Gasteiger partial charge in [0.15, 0.2) is 0 Å². The quantitative estimate of drug-likeness (QED) is 0.506. The van der Waals surface area contributed by atoms with Gasteiger partial charge < -0.3 is 20.5 Å². The minimum atomic E-state index is -0.321. The molecule has 1 atom stereocenters. The minimum Gasteiger partial charge on any atom is -0.489 e. The summed E-state index contributed by atoms with van der Waals surface area (Å²) >= 11 is 9.42. The van der Waals surface area contributed by atoms with E-state index >= 15 is 0 Å². The zero-order valence-corrected chi connectivity index (χ0v) is 16.6. The molecule has 0 radical (unpaired) electrons. The lowest BCUT2D eigenvalue weighted by atomic mass is 10.2. The van der Waals surface area contributed by atoms with E-state index in [4.69, 9.17) is 16.3 Å². The highest BCUT2D eigenvalue weighted by atomic mass is 79.9. The molecular weight excluding hydrogens is 404 g/mol. The molecule has 0 aromatic heterocycles. The highest BCUT2D eigenvalue weighted by Crippen LogP contribution is 2.24. The Balaban J connectivity index is 1.85. The van der Waals surface area contributed by atoms with Crippen molar-refractivity contribution >= 4 is 27.5 Å². The van der Waals surface area contributed by atoms with Crippen LogP contribution in [0.25, 0.3) is 0 Å². The molecule has 0 aliphatic rings. The highest BCUT2D eigenvalue weighted by Gasteiger charge is 2.05. The fourth-order valence-corrected chi connectivity index (χ4v) is 2.81. The average Bonchev–Trinajstić information content (AvgIpc) is 2.58. The lowest BCUT2D eigenvalue weighted by Gasteiger charge is -2.13. The number of aliphatic hydroxyl groups is 1. The first-order chi connectivity index (χ1) is 12.0. The molecule has 0 heterocycles. The number of benzene rings is 2. The van der Waals surface area contributed by atoms with Crippen LogP contribution >= 0.6 is 27.5 Å². The first kappa shape index (κ1) is 20.2. The molecule has 2 rings (SSSR count). The number of hydrogen-bond acceptors (Lipinski definition) is 4. The normalized spacial score (nSPS) is 12.2. The second-order valence-electron chi connectivity index (χ2n) is 5.90. The lowest BCUT2D eigenvalue weighted by Crippen LogP contribution is -2.31. The van der Waals surface area contributed by atoms with Gasteiger partial charge in [0.1, 0.15) is 12.4 Å². The van der Waals surface area contributed by atoms with Crippen LogP contribution in [0.5, 0.6) is 5.75 Å². The predicted octanol–water partition coefficient (Wildman–Crippen LogP) is 3.74. The molecule has 25 heavy (non-hydrogen) atoms. The molecule has 2 aromatic rings. The summed E-state index contributed by atoms with van der Waals surface area (Å²) in [4.78, 5) is 0. The number of halogens is 2. The van der Waals surface area contributed by atoms with Gasteiger partial charge in [-0.1, -0.05) is 39.7 Å². The van der Waals surface area contributed by atoms with Crippen molar-refractivity contribution in [3.63, 3.8) is 0 Å². The van der Waals surface area contributed by atoms with E-state index in [0.29, 0.717) is 19.7 Å². The van der Waals surface area contributed by atoms with Gasteiger partial charge >= 0.3 is 0 Å². The number of aliphatic hydroxyl groups excluding tert-OH is 1. The molecule has 0 bridgehead atoms. The molecule has 4 nitrogen and oxygen atoms in total. The molecular formula is C19H24BrClN2O2. The number of hydrogen-bond donors (Lipinski definition) is 3. The van der Waals surface area contributed by atoms with Gasteiger partial charge in [-0.3, -0.25) is 0 Å². The highest BCUT2D eigenvalue weighted by molar-refractivity contribution is 9.10. The summed E-state index contributed by atoms with van der Waals surface area (Å²) < 4.78 is 7.00. The summed E-state index contributed by atoms with van der Waals surface area (Å²) in [6.45, 7) is 5.21. The lowest BCUT2D eigenvalue weighted by molar-refractivity contribution is 0.191. The number of ether oxygens (including phenoxy) is 1. The first-order valence-electron chi connectivity index (χ1n) is 8.30. The molecule has 0 spiro atoms. The Labute approximate surface area is 162 Å². The maximum atomic E-state index is 9.21. The van der Waals surface area contributed by atoms with Crippen LogP contribution in [0.15, 0.2) is 46.9 Å². The van der Waals surface area contributed by atoms with Crippen LogP contribution in [-0.4, -0.2) is 30.8 Å². The Hall–Kier alpha value is -1.11. The maximum Gasteiger partial charge on any atom is 0.124 e. The zero-order valence-electron chi connectivity index (χ0n) is 14.3. The minimum absolute atomic E-state index is 0.321. The second-order valence-corrected chi connectivity index (χ2v) is 7.25. The van der Waals surface area contributed by atoms with Gasteiger partial charge in [0, 0.05) is 41.2 Å². The molecule has 6 heteroatoms. The second kappa shape index (κ2) is 10.8. The topological polar surface area (TPSA) is 53.5 Å². The van der Waals surface area contributed by atoms with Crippen LogP contribution in [0, 0.1) is 0 Å². The molecule has 0 amide bonds. The third-order valence-electron chi connectivity index (χ3n) is 3.56. The Bertz CT molecular complexity index is 650. The van der Waals surface area contributed by atoms with Crippen LogP contribution in [0.3, 0.4) is 0 Å². The maximum absolute atomic E-state index is 9.21. The molecule has 0 unspecified atom stereocenters. The van der Waals surface area contributed by atoms with E-state index in [2.05, 4.69) is 32.6 Å². The van der Waals surface area contributed by atoms with Gasteiger partial charge in [0.05, 0.1) is 6.10 Å². The molecule has 0 aliphatic carbocycles. The van der Waals surface area contributed by atoms with Gasteiger partial charge in [0.2, 0.25) is 0 Å². The third-order valence-corrected chi connectivity index (χ3v) is 4.31. The van der Waals surface area contributed by atoms with Crippen LogP contribution < -0.4 is 15.4 Å². The van der Waals surface area contributed by atoms with Crippen molar-refractivity contribution in [2.45, 2.75) is 26.2 Å². The monoisotopic (exact) mass is 426 g/mol. The summed E-state index contributed by atoms with van der Waals surface area (Å²) in [5, 5.41) is 16.5. The fraction of sp³-hybridized carbons (Fsp3) is 0.368. The molecule has 136 valence electrons. The summed E-state index contributed by atoms with van der Waals surface area (Å²) in [5.74, 6) is 0.864. The largest absolute Gasteiger partial charge is 0.489 e. The zero-order chi connectivity index (χ0) is 18.1. The van der Waals surface area contributed by atoms with Crippen LogP contribution in [0.2, 0.25) is 5.02 Å². The molecule has 0 saturated heterocycles. The van der Waals surface area contributed by atoms with Crippen molar-refractivity contribution in [2.75, 3.05) is 19.6 Å². The van der Waals surface area contributed by atoms with Crippen molar-refractivity contribution in [2.24, 2.45) is 0 Å². The van der Waals surface area contributed by atoms with E-state index in [-0.39, 0.29) is 6.10 Å². The van der Waals surface area contributed by atoms with Gasteiger partial charge in [-0.05, 0) is 42.8 Å². The van der Waals surface area contributed by atoms with Crippen LogP contribution in [-0.2, 0) is 13.2 Å². The number of rotatable bonds is 10. The predicted molar refractivity (Wildman–Crippen MR) is 106 cm³/mol. The fourth-order valence-electron chi connectivity index (χ4n) is 2.28. The standard InChI is InChI=1S/C19H24BrClN2O2/c1-14(24)11-22-8-9-23-12-16-10-17(20)4-7-19(16)25-13-15-2-5-18(21)6-3-15/h2-7,10,14,22-24H,8-9,11-13H2,1H3/t14-/m0/s1. The smallest absolute Gasteiger partial charge is 0.124 e. The number of nitrogens with one attached hydrogen (secondary N) is 2.